The van der Waals surface area contributed by atoms with E-state index in [-0.39, 0.29) is 10.8 Å². The van der Waals surface area contributed by atoms with Gasteiger partial charge in [-0.05, 0) is 12.1 Å². The molecule has 1 aromatic rings. The summed E-state index contributed by atoms with van der Waals surface area (Å²) in [7, 11) is 0. The molecule has 0 aromatic heterocycles. The van der Waals surface area contributed by atoms with Gasteiger partial charge in [-0.15, -0.1) is 4.94 Å². The average Bonchev–Trinajstić information content (AvgIpc) is 2.45. The van der Waals surface area contributed by atoms with Crippen LogP contribution in [-0.2, 0) is 4.94 Å². The van der Waals surface area contributed by atoms with Crippen molar-refractivity contribution in [3.05, 3.63) is 41.1 Å². The Morgan fingerprint density at radius 2 is 2.13 bits per heavy atom. The number of anilines is 1. The van der Waals surface area contributed by atoms with E-state index in [2.05, 4.69) is 0 Å². The molecule has 7 heteroatoms. The average molecular weight is 232 g/mol. The maximum absolute atomic E-state index is 13.0. The van der Waals surface area contributed by atoms with E-state index in [9.17, 15) is 4.39 Å². The standard InChI is InChI=1S/C8H7ClFN3O2/c9-5-1-6(10)3-7(2-5)12-4-8(11)13(14)15-12/h1-4,14H,11H2. The molecule has 0 bridgehead atoms. The van der Waals surface area contributed by atoms with Crippen molar-refractivity contribution in [3.63, 3.8) is 0 Å². The first-order chi connectivity index (χ1) is 7.06. The summed E-state index contributed by atoms with van der Waals surface area (Å²) in [5, 5.41) is 10.7. The summed E-state index contributed by atoms with van der Waals surface area (Å²) >= 11 is 5.65. The van der Waals surface area contributed by atoms with Crippen LogP contribution in [0.4, 0.5) is 10.1 Å². The molecule has 0 saturated heterocycles. The van der Waals surface area contributed by atoms with Crippen LogP contribution in [0.2, 0.25) is 5.02 Å². The van der Waals surface area contributed by atoms with Crippen LogP contribution in [0.15, 0.2) is 30.2 Å². The van der Waals surface area contributed by atoms with Gasteiger partial charge in [-0.3, -0.25) is 5.21 Å². The summed E-state index contributed by atoms with van der Waals surface area (Å²) in [6.45, 7) is 0. The first-order valence-electron chi connectivity index (χ1n) is 3.96. The highest BCUT2D eigenvalue weighted by molar-refractivity contribution is 6.30. The molecule has 15 heavy (non-hydrogen) atoms. The molecule has 80 valence electrons. The molecule has 0 unspecified atom stereocenters. The van der Waals surface area contributed by atoms with E-state index in [0.29, 0.717) is 10.9 Å². The van der Waals surface area contributed by atoms with Gasteiger partial charge in [0, 0.05) is 11.1 Å². The zero-order valence-electron chi connectivity index (χ0n) is 7.39. The van der Waals surface area contributed by atoms with E-state index in [4.69, 9.17) is 27.5 Å². The van der Waals surface area contributed by atoms with Gasteiger partial charge in [0.2, 0.25) is 0 Å². The van der Waals surface area contributed by atoms with Crippen molar-refractivity contribution in [1.82, 2.24) is 5.23 Å². The van der Waals surface area contributed by atoms with E-state index in [0.717, 1.165) is 11.1 Å². The fourth-order valence-electron chi connectivity index (χ4n) is 1.11. The van der Waals surface area contributed by atoms with Gasteiger partial charge in [-0.1, -0.05) is 16.8 Å². The Morgan fingerprint density at radius 3 is 2.67 bits per heavy atom. The van der Waals surface area contributed by atoms with Gasteiger partial charge in [-0.25, -0.2) is 4.39 Å². The summed E-state index contributed by atoms with van der Waals surface area (Å²) < 4.78 is 13.0. The number of hydrogen-bond acceptors (Lipinski definition) is 5. The van der Waals surface area contributed by atoms with Crippen molar-refractivity contribution in [2.75, 3.05) is 5.06 Å². The van der Waals surface area contributed by atoms with Gasteiger partial charge in [0.15, 0.2) is 5.82 Å². The third kappa shape index (κ3) is 1.96. The molecule has 1 aliphatic heterocycles. The molecule has 0 aliphatic carbocycles. The normalized spacial score (nSPS) is 15.8. The molecule has 1 aromatic carbocycles. The van der Waals surface area contributed by atoms with E-state index in [1.807, 2.05) is 0 Å². The molecule has 3 N–H and O–H groups in total. The largest absolute Gasteiger partial charge is 0.380 e. The lowest BCUT2D eigenvalue weighted by Gasteiger charge is -2.15. The lowest BCUT2D eigenvalue weighted by Crippen LogP contribution is -2.22. The summed E-state index contributed by atoms with van der Waals surface area (Å²) in [6, 6.07) is 3.81. The number of hydroxylamine groups is 3. The zero-order valence-corrected chi connectivity index (χ0v) is 8.15. The third-order valence-electron chi connectivity index (χ3n) is 1.74. The highest BCUT2D eigenvalue weighted by Gasteiger charge is 2.20. The zero-order chi connectivity index (χ0) is 11.0. The van der Waals surface area contributed by atoms with Crippen molar-refractivity contribution in [2.24, 2.45) is 5.73 Å². The molecule has 0 amide bonds. The Bertz CT molecular complexity index is 406. The number of benzene rings is 1. The van der Waals surface area contributed by atoms with Crippen LogP contribution in [0.1, 0.15) is 0 Å². The van der Waals surface area contributed by atoms with Crippen LogP contribution in [0.5, 0.6) is 0 Å². The quantitative estimate of drug-likeness (QED) is 0.769. The molecule has 0 fully saturated rings. The van der Waals surface area contributed by atoms with Crippen LogP contribution in [0.25, 0.3) is 0 Å². The molecule has 5 nitrogen and oxygen atoms in total. The Kier molecular flexibility index (Phi) is 2.39. The van der Waals surface area contributed by atoms with Crippen molar-refractivity contribution in [2.45, 2.75) is 0 Å². The molecule has 0 spiro atoms. The predicted molar refractivity (Wildman–Crippen MR) is 50.9 cm³/mol. The number of halogens is 2. The van der Waals surface area contributed by atoms with Crippen molar-refractivity contribution in [3.8, 4) is 0 Å². The SMILES string of the molecule is NC1=CN(c2cc(F)cc(Cl)c2)ON1O. The van der Waals surface area contributed by atoms with Crippen molar-refractivity contribution >= 4 is 17.3 Å². The first kappa shape index (κ1) is 10.0. The highest BCUT2D eigenvalue weighted by atomic mass is 35.5. The smallest absolute Gasteiger partial charge is 0.176 e. The summed E-state index contributed by atoms with van der Waals surface area (Å²) in [5.41, 5.74) is 5.64. The summed E-state index contributed by atoms with van der Waals surface area (Å²) in [6.07, 6.45) is 1.28. The highest BCUT2D eigenvalue weighted by Crippen LogP contribution is 2.25. The lowest BCUT2D eigenvalue weighted by molar-refractivity contribution is -0.304. The van der Waals surface area contributed by atoms with Gasteiger partial charge in [0.25, 0.3) is 0 Å². The van der Waals surface area contributed by atoms with Gasteiger partial charge in [-0.2, -0.15) is 5.06 Å². The van der Waals surface area contributed by atoms with E-state index in [1.54, 1.807) is 0 Å². The number of hydrogen-bond donors (Lipinski definition) is 2. The minimum atomic E-state index is -0.510. The molecule has 0 radical (unpaired) electrons. The second-order valence-corrected chi connectivity index (χ2v) is 3.30. The minimum Gasteiger partial charge on any atom is -0.380 e. The third-order valence-corrected chi connectivity index (χ3v) is 1.96. The van der Waals surface area contributed by atoms with Gasteiger partial charge >= 0.3 is 0 Å². The second-order valence-electron chi connectivity index (χ2n) is 2.86. The molecule has 0 atom stereocenters. The van der Waals surface area contributed by atoms with Gasteiger partial charge < -0.3 is 5.73 Å². The molecule has 2 rings (SSSR count). The number of nitrogens with two attached hydrogens (primary N) is 1. The van der Waals surface area contributed by atoms with Crippen LogP contribution >= 0.6 is 11.6 Å². The number of nitrogens with zero attached hydrogens (tertiary/aromatic N) is 2. The Hall–Kier alpha value is -1.50. The van der Waals surface area contributed by atoms with Crippen LogP contribution in [-0.4, -0.2) is 10.4 Å². The fourth-order valence-corrected chi connectivity index (χ4v) is 1.33. The van der Waals surface area contributed by atoms with Crippen molar-refractivity contribution < 1.29 is 14.5 Å². The number of rotatable bonds is 1. The van der Waals surface area contributed by atoms with Gasteiger partial charge in [0.1, 0.15) is 5.82 Å². The van der Waals surface area contributed by atoms with Crippen LogP contribution in [0, 0.1) is 5.82 Å². The maximum atomic E-state index is 13.0. The van der Waals surface area contributed by atoms with Crippen LogP contribution in [0.3, 0.4) is 0 Å². The predicted octanol–water partition coefficient (Wildman–Crippen LogP) is 1.59. The lowest BCUT2D eigenvalue weighted by atomic mass is 10.3. The van der Waals surface area contributed by atoms with E-state index < -0.39 is 5.82 Å². The molecule has 0 saturated carbocycles. The first-order valence-corrected chi connectivity index (χ1v) is 4.34. The van der Waals surface area contributed by atoms with E-state index >= 15 is 0 Å². The molecule has 1 aliphatic rings. The van der Waals surface area contributed by atoms with Crippen molar-refractivity contribution in [1.29, 1.82) is 0 Å². The topological polar surface area (TPSA) is 62.0 Å². The Labute approximate surface area is 89.6 Å². The van der Waals surface area contributed by atoms with E-state index in [1.165, 1.54) is 18.3 Å². The molecule has 1 heterocycles. The maximum Gasteiger partial charge on any atom is 0.176 e. The Balaban J connectivity index is 2.31. The van der Waals surface area contributed by atoms with Gasteiger partial charge in [0.05, 0.1) is 11.9 Å². The fraction of sp³-hybridized carbons (Fsp3) is 0. The van der Waals surface area contributed by atoms with Crippen LogP contribution < -0.4 is 10.8 Å². The summed E-state index contributed by atoms with van der Waals surface area (Å²) in [5.74, 6) is -0.528. The minimum absolute atomic E-state index is 0.0182. The molecular formula is C8H7ClFN3O2. The monoisotopic (exact) mass is 231 g/mol. The summed E-state index contributed by atoms with van der Waals surface area (Å²) in [4.78, 5) is 4.75. The Morgan fingerprint density at radius 1 is 1.40 bits per heavy atom. The molecular weight excluding hydrogens is 225 g/mol. The second kappa shape index (κ2) is 3.58.